The van der Waals surface area contributed by atoms with Crippen LogP contribution in [0.2, 0.25) is 0 Å². The molecule has 1 atom stereocenters. The maximum atomic E-state index is 11.1. The molecule has 1 aromatic heterocycles. The van der Waals surface area contributed by atoms with Gasteiger partial charge in [-0.05, 0) is 45.4 Å². The highest BCUT2D eigenvalue weighted by atomic mass is 16.7. The van der Waals surface area contributed by atoms with Crippen molar-refractivity contribution in [3.05, 3.63) is 30.1 Å². The standard InChI is InChI=1S/C14H20BNO4/c1-13(2)14(3,4)20-15(19-13)11(9-12(17)18)10-5-7-16-8-6-10/h5-8,11H,9H2,1-4H3,(H,17,18). The van der Waals surface area contributed by atoms with E-state index < -0.39 is 24.3 Å². The van der Waals surface area contributed by atoms with E-state index in [4.69, 9.17) is 14.4 Å². The first-order chi connectivity index (χ1) is 9.23. The Bertz CT molecular complexity index is 473. The number of pyridine rings is 1. The van der Waals surface area contributed by atoms with Gasteiger partial charge in [0, 0.05) is 18.2 Å². The Hall–Kier alpha value is -1.40. The minimum Gasteiger partial charge on any atom is -0.481 e. The van der Waals surface area contributed by atoms with Crippen LogP contribution in [0.1, 0.15) is 45.5 Å². The number of hydrogen-bond donors (Lipinski definition) is 1. The average molecular weight is 277 g/mol. The molecule has 1 aliphatic heterocycles. The van der Waals surface area contributed by atoms with E-state index in [1.165, 1.54) is 0 Å². The summed E-state index contributed by atoms with van der Waals surface area (Å²) in [6, 6.07) is 3.61. The number of aromatic nitrogens is 1. The molecule has 0 amide bonds. The lowest BCUT2D eigenvalue weighted by molar-refractivity contribution is -0.137. The molecule has 2 rings (SSSR count). The predicted molar refractivity (Wildman–Crippen MR) is 75.3 cm³/mol. The van der Waals surface area contributed by atoms with Gasteiger partial charge in [-0.1, -0.05) is 0 Å². The van der Waals surface area contributed by atoms with Crippen LogP contribution in [-0.2, 0) is 14.1 Å². The molecule has 108 valence electrons. The molecule has 1 saturated heterocycles. The van der Waals surface area contributed by atoms with Gasteiger partial charge in [-0.15, -0.1) is 0 Å². The van der Waals surface area contributed by atoms with Crippen LogP contribution in [0, 0.1) is 0 Å². The van der Waals surface area contributed by atoms with Crippen molar-refractivity contribution < 1.29 is 19.2 Å². The topological polar surface area (TPSA) is 68.7 Å². The second kappa shape index (κ2) is 5.18. The SMILES string of the molecule is CC1(C)OB(C(CC(=O)O)c2ccncc2)OC1(C)C. The average Bonchev–Trinajstić information content (AvgIpc) is 2.56. The fraction of sp³-hybridized carbons (Fsp3) is 0.571. The van der Waals surface area contributed by atoms with Crippen molar-refractivity contribution in [3.8, 4) is 0 Å². The van der Waals surface area contributed by atoms with Gasteiger partial charge in [-0.3, -0.25) is 9.78 Å². The van der Waals surface area contributed by atoms with Crippen molar-refractivity contribution in [3.63, 3.8) is 0 Å². The van der Waals surface area contributed by atoms with Crippen LogP contribution >= 0.6 is 0 Å². The summed E-state index contributed by atoms with van der Waals surface area (Å²) in [5.41, 5.74) is -0.0796. The summed E-state index contributed by atoms with van der Waals surface area (Å²) in [6.07, 6.45) is 3.26. The van der Waals surface area contributed by atoms with Crippen molar-refractivity contribution in [2.24, 2.45) is 0 Å². The number of nitrogens with zero attached hydrogens (tertiary/aromatic N) is 1. The smallest absolute Gasteiger partial charge is 0.466 e. The highest BCUT2D eigenvalue weighted by molar-refractivity contribution is 6.48. The minimum absolute atomic E-state index is 0.0408. The van der Waals surface area contributed by atoms with E-state index in [1.807, 2.05) is 27.7 Å². The van der Waals surface area contributed by atoms with E-state index in [0.29, 0.717) is 0 Å². The number of hydrogen-bond acceptors (Lipinski definition) is 4. The fourth-order valence-corrected chi connectivity index (χ4v) is 2.22. The third-order valence-electron chi connectivity index (χ3n) is 4.13. The van der Waals surface area contributed by atoms with Crippen molar-refractivity contribution in [1.29, 1.82) is 0 Å². The molecule has 1 aromatic rings. The summed E-state index contributed by atoms with van der Waals surface area (Å²) >= 11 is 0. The van der Waals surface area contributed by atoms with E-state index >= 15 is 0 Å². The Morgan fingerprint density at radius 2 is 1.75 bits per heavy atom. The monoisotopic (exact) mass is 277 g/mol. The zero-order valence-corrected chi connectivity index (χ0v) is 12.3. The molecule has 0 bridgehead atoms. The number of aliphatic carboxylic acids is 1. The van der Waals surface area contributed by atoms with Crippen molar-refractivity contribution in [2.75, 3.05) is 0 Å². The molecule has 0 saturated carbocycles. The number of carboxylic acids is 1. The van der Waals surface area contributed by atoms with Gasteiger partial charge < -0.3 is 14.4 Å². The third-order valence-corrected chi connectivity index (χ3v) is 4.13. The van der Waals surface area contributed by atoms with E-state index in [0.717, 1.165) is 5.56 Å². The first-order valence-electron chi connectivity index (χ1n) is 6.70. The lowest BCUT2D eigenvalue weighted by Crippen LogP contribution is -2.41. The molecule has 1 fully saturated rings. The van der Waals surface area contributed by atoms with Gasteiger partial charge in [0.15, 0.2) is 0 Å². The maximum Gasteiger partial charge on any atom is 0.466 e. The predicted octanol–water partition coefficient (Wildman–Crippen LogP) is 2.27. The fourth-order valence-electron chi connectivity index (χ4n) is 2.22. The third kappa shape index (κ3) is 2.86. The molecule has 0 radical (unpaired) electrons. The second-order valence-corrected chi connectivity index (χ2v) is 6.11. The molecule has 0 aromatic carbocycles. The Labute approximate surface area is 119 Å². The van der Waals surface area contributed by atoms with Crippen LogP contribution in [0.3, 0.4) is 0 Å². The second-order valence-electron chi connectivity index (χ2n) is 6.11. The largest absolute Gasteiger partial charge is 0.481 e. The summed E-state index contributed by atoms with van der Waals surface area (Å²) in [6.45, 7) is 7.82. The number of rotatable bonds is 4. The highest BCUT2D eigenvalue weighted by Gasteiger charge is 2.54. The zero-order chi connectivity index (χ0) is 15.0. The zero-order valence-electron chi connectivity index (χ0n) is 12.3. The van der Waals surface area contributed by atoms with Crippen LogP contribution in [0.25, 0.3) is 0 Å². The molecular formula is C14H20BNO4. The van der Waals surface area contributed by atoms with Crippen LogP contribution in [0.15, 0.2) is 24.5 Å². The van der Waals surface area contributed by atoms with Crippen LogP contribution in [0.5, 0.6) is 0 Å². The van der Waals surface area contributed by atoms with Gasteiger partial charge in [0.05, 0.1) is 17.6 Å². The Morgan fingerprint density at radius 3 is 2.20 bits per heavy atom. The Morgan fingerprint density at radius 1 is 1.25 bits per heavy atom. The van der Waals surface area contributed by atoms with Gasteiger partial charge in [0.2, 0.25) is 0 Å². The number of carboxylic acid groups (broad SMARTS) is 1. The quantitative estimate of drug-likeness (QED) is 0.855. The first-order valence-corrected chi connectivity index (χ1v) is 6.70. The van der Waals surface area contributed by atoms with E-state index in [-0.39, 0.29) is 12.2 Å². The molecule has 0 aliphatic carbocycles. The van der Waals surface area contributed by atoms with E-state index in [9.17, 15) is 4.79 Å². The summed E-state index contributed by atoms with van der Waals surface area (Å²) < 4.78 is 12.0. The van der Waals surface area contributed by atoms with Gasteiger partial charge >= 0.3 is 13.1 Å². The maximum absolute atomic E-state index is 11.1. The van der Waals surface area contributed by atoms with Gasteiger partial charge in [-0.2, -0.15) is 0 Å². The molecule has 2 heterocycles. The Kier molecular flexibility index (Phi) is 3.89. The molecule has 1 N–H and O–H groups in total. The molecule has 1 aliphatic rings. The van der Waals surface area contributed by atoms with E-state index in [2.05, 4.69) is 4.98 Å². The molecule has 6 heteroatoms. The highest BCUT2D eigenvalue weighted by Crippen LogP contribution is 2.41. The van der Waals surface area contributed by atoms with Crippen LogP contribution in [-0.4, -0.2) is 34.4 Å². The van der Waals surface area contributed by atoms with Gasteiger partial charge in [-0.25, -0.2) is 0 Å². The number of carbonyl (C=O) groups is 1. The molecule has 0 spiro atoms. The van der Waals surface area contributed by atoms with Crippen molar-refractivity contribution in [1.82, 2.24) is 4.98 Å². The molecular weight excluding hydrogens is 257 g/mol. The summed E-state index contributed by atoms with van der Waals surface area (Å²) in [5, 5.41) is 9.14. The van der Waals surface area contributed by atoms with E-state index in [1.54, 1.807) is 24.5 Å². The molecule has 1 unspecified atom stereocenters. The summed E-state index contributed by atoms with van der Waals surface area (Å²) in [7, 11) is -0.571. The summed E-state index contributed by atoms with van der Waals surface area (Å²) in [4.78, 5) is 15.1. The van der Waals surface area contributed by atoms with Crippen LogP contribution < -0.4 is 0 Å². The minimum atomic E-state index is -0.874. The first kappa shape index (κ1) is 15.0. The Balaban J connectivity index is 2.28. The normalized spacial score (nSPS) is 21.7. The van der Waals surface area contributed by atoms with Crippen molar-refractivity contribution in [2.45, 2.75) is 51.1 Å². The lowest BCUT2D eigenvalue weighted by Gasteiger charge is -2.32. The van der Waals surface area contributed by atoms with Crippen LogP contribution in [0.4, 0.5) is 0 Å². The molecule has 5 nitrogen and oxygen atoms in total. The summed E-state index contributed by atoms with van der Waals surface area (Å²) in [5.74, 6) is -1.22. The molecule has 20 heavy (non-hydrogen) atoms. The van der Waals surface area contributed by atoms with Crippen molar-refractivity contribution >= 4 is 13.1 Å². The lowest BCUT2D eigenvalue weighted by atomic mass is 9.66. The van der Waals surface area contributed by atoms with Gasteiger partial charge in [0.25, 0.3) is 0 Å². The van der Waals surface area contributed by atoms with Gasteiger partial charge in [0.1, 0.15) is 0 Å².